The SMILES string of the molecule is O=CC1CCC(C(c2ccccc2)N2CCOCC2)CC1. The number of nitrogens with zero attached hydrogens (tertiary/aromatic N) is 1. The molecule has 3 nitrogen and oxygen atoms in total. The number of carbonyl (C=O) groups excluding carboxylic acids is 1. The molecular weight excluding hydrogens is 262 g/mol. The van der Waals surface area contributed by atoms with E-state index < -0.39 is 0 Å². The van der Waals surface area contributed by atoms with Gasteiger partial charge in [-0.05, 0) is 37.2 Å². The third-order valence-corrected chi connectivity index (χ3v) is 5.04. The average molecular weight is 287 g/mol. The number of morpholine rings is 1. The van der Waals surface area contributed by atoms with Crippen molar-refractivity contribution in [3.63, 3.8) is 0 Å². The standard InChI is InChI=1S/C18H25NO2/c20-14-15-6-8-17(9-7-15)18(16-4-2-1-3-5-16)19-10-12-21-13-11-19/h1-5,14-15,17-18H,6-13H2. The van der Waals surface area contributed by atoms with E-state index >= 15 is 0 Å². The van der Waals surface area contributed by atoms with Crippen molar-refractivity contribution in [2.24, 2.45) is 11.8 Å². The Hall–Kier alpha value is -1.19. The second-order valence-corrected chi connectivity index (χ2v) is 6.31. The Labute approximate surface area is 127 Å². The molecule has 1 saturated carbocycles. The van der Waals surface area contributed by atoms with Gasteiger partial charge in [0.1, 0.15) is 6.29 Å². The van der Waals surface area contributed by atoms with E-state index in [9.17, 15) is 4.79 Å². The fourth-order valence-electron chi connectivity index (χ4n) is 3.88. The monoisotopic (exact) mass is 287 g/mol. The molecule has 0 spiro atoms. The molecule has 1 atom stereocenters. The van der Waals surface area contributed by atoms with Gasteiger partial charge in [0.05, 0.1) is 13.2 Å². The average Bonchev–Trinajstić information content (AvgIpc) is 2.58. The molecule has 0 N–H and O–H groups in total. The van der Waals surface area contributed by atoms with Crippen molar-refractivity contribution in [3.05, 3.63) is 35.9 Å². The molecular formula is C18H25NO2. The van der Waals surface area contributed by atoms with E-state index in [0.29, 0.717) is 17.9 Å². The molecule has 1 saturated heterocycles. The highest BCUT2D eigenvalue weighted by Gasteiger charge is 2.32. The molecule has 0 aromatic heterocycles. The number of hydrogen-bond acceptors (Lipinski definition) is 3. The Bertz CT molecular complexity index is 434. The van der Waals surface area contributed by atoms with Crippen molar-refractivity contribution >= 4 is 6.29 Å². The summed E-state index contributed by atoms with van der Waals surface area (Å²) in [5.41, 5.74) is 1.42. The summed E-state index contributed by atoms with van der Waals surface area (Å²) in [6.07, 6.45) is 5.60. The van der Waals surface area contributed by atoms with Crippen LogP contribution >= 0.6 is 0 Å². The molecule has 3 heteroatoms. The summed E-state index contributed by atoms with van der Waals surface area (Å²) in [6, 6.07) is 11.4. The first-order valence-electron chi connectivity index (χ1n) is 8.20. The number of benzene rings is 1. The highest BCUT2D eigenvalue weighted by Crippen LogP contribution is 2.39. The Morgan fingerprint density at radius 3 is 2.33 bits per heavy atom. The predicted octanol–water partition coefficient (Wildman–Crippen LogP) is 3.07. The zero-order valence-corrected chi connectivity index (χ0v) is 12.6. The predicted molar refractivity (Wildman–Crippen MR) is 83.1 cm³/mol. The highest BCUT2D eigenvalue weighted by molar-refractivity contribution is 5.53. The van der Waals surface area contributed by atoms with Gasteiger partial charge in [-0.1, -0.05) is 30.3 Å². The minimum atomic E-state index is 0.294. The van der Waals surface area contributed by atoms with Crippen molar-refractivity contribution in [3.8, 4) is 0 Å². The third kappa shape index (κ3) is 3.53. The first-order chi connectivity index (χ1) is 10.4. The summed E-state index contributed by atoms with van der Waals surface area (Å²) in [6.45, 7) is 3.72. The van der Waals surface area contributed by atoms with Crippen LogP contribution in [0.1, 0.15) is 37.3 Å². The molecule has 1 aliphatic carbocycles. The van der Waals surface area contributed by atoms with Crippen LogP contribution in [0.5, 0.6) is 0 Å². The van der Waals surface area contributed by atoms with Gasteiger partial charge in [-0.25, -0.2) is 0 Å². The molecule has 2 fully saturated rings. The van der Waals surface area contributed by atoms with Gasteiger partial charge in [0.2, 0.25) is 0 Å². The summed E-state index contributed by atoms with van der Waals surface area (Å²) in [5.74, 6) is 0.962. The van der Waals surface area contributed by atoms with E-state index in [1.54, 1.807) is 0 Å². The van der Waals surface area contributed by atoms with E-state index in [2.05, 4.69) is 35.2 Å². The number of ether oxygens (including phenoxy) is 1. The summed E-state index contributed by atoms with van der Waals surface area (Å²) in [7, 11) is 0. The maximum atomic E-state index is 11.0. The summed E-state index contributed by atoms with van der Waals surface area (Å²) >= 11 is 0. The zero-order valence-electron chi connectivity index (χ0n) is 12.6. The van der Waals surface area contributed by atoms with Crippen LogP contribution in [-0.2, 0) is 9.53 Å². The number of carbonyl (C=O) groups is 1. The lowest BCUT2D eigenvalue weighted by Gasteiger charge is -2.41. The second-order valence-electron chi connectivity index (χ2n) is 6.31. The summed E-state index contributed by atoms with van der Waals surface area (Å²) < 4.78 is 5.52. The molecule has 1 heterocycles. The Morgan fingerprint density at radius 2 is 1.71 bits per heavy atom. The molecule has 21 heavy (non-hydrogen) atoms. The molecule has 1 aliphatic heterocycles. The number of hydrogen-bond donors (Lipinski definition) is 0. The molecule has 1 unspecified atom stereocenters. The van der Waals surface area contributed by atoms with E-state index in [1.165, 1.54) is 18.4 Å². The van der Waals surface area contributed by atoms with Crippen LogP contribution in [-0.4, -0.2) is 37.5 Å². The van der Waals surface area contributed by atoms with Crippen LogP contribution in [0.15, 0.2) is 30.3 Å². The Morgan fingerprint density at radius 1 is 1.05 bits per heavy atom. The minimum Gasteiger partial charge on any atom is -0.379 e. The largest absolute Gasteiger partial charge is 0.379 e. The van der Waals surface area contributed by atoms with Crippen LogP contribution in [0.25, 0.3) is 0 Å². The number of aldehydes is 1. The van der Waals surface area contributed by atoms with E-state index in [-0.39, 0.29) is 0 Å². The van der Waals surface area contributed by atoms with Gasteiger partial charge in [0.15, 0.2) is 0 Å². The number of rotatable bonds is 4. The second kappa shape index (κ2) is 7.19. The maximum absolute atomic E-state index is 11.0. The van der Waals surface area contributed by atoms with Gasteiger partial charge >= 0.3 is 0 Å². The molecule has 0 amide bonds. The van der Waals surface area contributed by atoms with Gasteiger partial charge in [0, 0.05) is 25.0 Å². The molecule has 1 aromatic carbocycles. The first kappa shape index (κ1) is 14.7. The first-order valence-corrected chi connectivity index (χ1v) is 8.20. The topological polar surface area (TPSA) is 29.5 Å². The van der Waals surface area contributed by atoms with Gasteiger partial charge in [-0.15, -0.1) is 0 Å². The normalized spacial score (nSPS) is 29.0. The Balaban J connectivity index is 1.77. The lowest BCUT2D eigenvalue weighted by atomic mass is 9.76. The zero-order chi connectivity index (χ0) is 14.5. The van der Waals surface area contributed by atoms with Gasteiger partial charge in [-0.3, -0.25) is 4.90 Å². The van der Waals surface area contributed by atoms with E-state index in [0.717, 1.165) is 45.4 Å². The van der Waals surface area contributed by atoms with Crippen LogP contribution in [0.4, 0.5) is 0 Å². The van der Waals surface area contributed by atoms with Crippen molar-refractivity contribution < 1.29 is 9.53 Å². The molecule has 0 radical (unpaired) electrons. The van der Waals surface area contributed by atoms with Crippen LogP contribution in [0.3, 0.4) is 0 Å². The van der Waals surface area contributed by atoms with Crippen molar-refractivity contribution in [1.82, 2.24) is 4.90 Å². The van der Waals surface area contributed by atoms with Gasteiger partial charge in [0.25, 0.3) is 0 Å². The van der Waals surface area contributed by atoms with Gasteiger partial charge < -0.3 is 9.53 Å². The van der Waals surface area contributed by atoms with Crippen molar-refractivity contribution in [2.45, 2.75) is 31.7 Å². The van der Waals surface area contributed by atoms with E-state index in [1.807, 2.05) is 0 Å². The molecule has 1 aromatic rings. The lowest BCUT2D eigenvalue weighted by molar-refractivity contribution is -0.112. The summed E-state index contributed by atoms with van der Waals surface area (Å²) in [4.78, 5) is 13.6. The molecule has 0 bridgehead atoms. The molecule has 2 aliphatic rings. The fraction of sp³-hybridized carbons (Fsp3) is 0.611. The van der Waals surface area contributed by atoms with Crippen LogP contribution in [0, 0.1) is 11.8 Å². The Kier molecular flexibility index (Phi) is 5.04. The molecule has 3 rings (SSSR count). The fourth-order valence-corrected chi connectivity index (χ4v) is 3.88. The quantitative estimate of drug-likeness (QED) is 0.797. The third-order valence-electron chi connectivity index (χ3n) is 5.04. The van der Waals surface area contributed by atoms with E-state index in [4.69, 9.17) is 4.74 Å². The maximum Gasteiger partial charge on any atom is 0.123 e. The highest BCUT2D eigenvalue weighted by atomic mass is 16.5. The smallest absolute Gasteiger partial charge is 0.123 e. The van der Waals surface area contributed by atoms with Gasteiger partial charge in [-0.2, -0.15) is 0 Å². The summed E-state index contributed by atoms with van der Waals surface area (Å²) in [5, 5.41) is 0. The van der Waals surface area contributed by atoms with Crippen molar-refractivity contribution in [2.75, 3.05) is 26.3 Å². The van der Waals surface area contributed by atoms with Crippen molar-refractivity contribution in [1.29, 1.82) is 0 Å². The van der Waals surface area contributed by atoms with Crippen LogP contribution < -0.4 is 0 Å². The molecule has 114 valence electrons. The lowest BCUT2D eigenvalue weighted by Crippen LogP contribution is -2.42. The minimum absolute atomic E-state index is 0.294. The van der Waals surface area contributed by atoms with Crippen LogP contribution in [0.2, 0.25) is 0 Å².